The van der Waals surface area contributed by atoms with Crippen LogP contribution < -0.4 is 20.5 Å². The molecule has 1 amide bonds. The summed E-state index contributed by atoms with van der Waals surface area (Å²) in [4.78, 5) is 15.0. The third-order valence-corrected chi connectivity index (χ3v) is 7.32. The van der Waals surface area contributed by atoms with E-state index < -0.39 is 17.7 Å². The second-order valence-electron chi connectivity index (χ2n) is 10.7. The quantitative estimate of drug-likeness (QED) is 0.250. The number of rotatable bonds is 16. The molecule has 3 atom stereocenters. The van der Waals surface area contributed by atoms with Gasteiger partial charge in [-0.3, -0.25) is 9.69 Å². The molecule has 0 saturated carbocycles. The van der Waals surface area contributed by atoms with Crippen molar-refractivity contribution < 1.29 is 28.8 Å². The van der Waals surface area contributed by atoms with Gasteiger partial charge < -0.3 is 35.1 Å². The Bertz CT molecular complexity index is 824. The minimum atomic E-state index is -0.832. The van der Waals surface area contributed by atoms with E-state index in [2.05, 4.69) is 24.1 Å². The minimum Gasteiger partial charge on any atom is -0.493 e. The number of aliphatic hydroxyl groups is 1. The maximum Gasteiger partial charge on any atom is 0.240 e. The SMILES string of the molecule is COCCCOc1cc(C[C@@H](C[C@H](N)[C@@H](O)CNC(=O)C(C)(C)N2CCOCC2)C(C)C)ccc1OC.Cl.Cl. The normalized spacial score (nSPS) is 16.4. The number of carbonyl (C=O) groups is 1. The number of ether oxygens (including phenoxy) is 4. The van der Waals surface area contributed by atoms with Gasteiger partial charge in [-0.2, -0.15) is 0 Å². The number of methoxy groups -OCH3 is 2. The highest BCUT2D eigenvalue weighted by atomic mass is 35.5. The Morgan fingerprint density at radius 3 is 2.41 bits per heavy atom. The first kappa shape index (κ1) is 37.7. The number of hydrogen-bond donors (Lipinski definition) is 3. The van der Waals surface area contributed by atoms with E-state index in [4.69, 9.17) is 24.7 Å². The summed E-state index contributed by atoms with van der Waals surface area (Å²) in [5.41, 5.74) is 6.89. The molecule has 2 rings (SSSR count). The number of carbonyl (C=O) groups excluding carboxylic acids is 1. The molecule has 1 heterocycles. The van der Waals surface area contributed by atoms with Gasteiger partial charge in [0.2, 0.25) is 5.91 Å². The summed E-state index contributed by atoms with van der Waals surface area (Å²) in [7, 11) is 3.31. The van der Waals surface area contributed by atoms with Gasteiger partial charge in [-0.05, 0) is 56.2 Å². The van der Waals surface area contributed by atoms with Gasteiger partial charge in [-0.15, -0.1) is 24.8 Å². The van der Waals surface area contributed by atoms with Crippen LogP contribution in [0, 0.1) is 11.8 Å². The Kier molecular flexibility index (Phi) is 18.3. The zero-order chi connectivity index (χ0) is 27.4. The zero-order valence-corrected chi connectivity index (χ0v) is 26.1. The number of nitrogens with zero attached hydrogens (tertiary/aromatic N) is 1. The molecule has 1 aliphatic rings. The van der Waals surface area contributed by atoms with Crippen LogP contribution in [0.15, 0.2) is 18.2 Å². The number of nitrogens with one attached hydrogen (secondary N) is 1. The summed E-state index contributed by atoms with van der Waals surface area (Å²) in [6.07, 6.45) is 1.40. The van der Waals surface area contributed by atoms with Crippen LogP contribution in [0.4, 0.5) is 0 Å². The molecule has 1 aliphatic heterocycles. The second-order valence-corrected chi connectivity index (χ2v) is 10.7. The first-order chi connectivity index (χ1) is 17.6. The minimum absolute atomic E-state index is 0. The maximum absolute atomic E-state index is 12.9. The van der Waals surface area contributed by atoms with Gasteiger partial charge >= 0.3 is 0 Å². The smallest absolute Gasteiger partial charge is 0.240 e. The molecule has 1 aromatic rings. The number of aliphatic hydroxyl groups excluding tert-OH is 1. The Labute approximate surface area is 247 Å². The highest BCUT2D eigenvalue weighted by Crippen LogP contribution is 2.31. The largest absolute Gasteiger partial charge is 0.493 e. The van der Waals surface area contributed by atoms with Crippen LogP contribution in [0.5, 0.6) is 11.5 Å². The van der Waals surface area contributed by atoms with Crippen LogP contribution in [0.1, 0.15) is 46.1 Å². The number of morpholine rings is 1. The van der Waals surface area contributed by atoms with Crippen molar-refractivity contribution in [2.24, 2.45) is 17.6 Å². The summed E-state index contributed by atoms with van der Waals surface area (Å²) >= 11 is 0. The van der Waals surface area contributed by atoms with Crippen molar-refractivity contribution in [3.63, 3.8) is 0 Å². The highest BCUT2D eigenvalue weighted by molar-refractivity contribution is 5.86. The van der Waals surface area contributed by atoms with Crippen LogP contribution in [-0.4, -0.2) is 93.9 Å². The predicted molar refractivity (Wildman–Crippen MR) is 160 cm³/mol. The summed E-state index contributed by atoms with van der Waals surface area (Å²) in [5.74, 6) is 1.91. The van der Waals surface area contributed by atoms with Crippen molar-refractivity contribution in [2.75, 3.05) is 60.3 Å². The zero-order valence-electron chi connectivity index (χ0n) is 24.4. The highest BCUT2D eigenvalue weighted by Gasteiger charge is 2.35. The lowest BCUT2D eigenvalue weighted by Crippen LogP contribution is -2.59. The van der Waals surface area contributed by atoms with Crippen molar-refractivity contribution in [2.45, 2.75) is 64.6 Å². The van der Waals surface area contributed by atoms with Crippen LogP contribution in [-0.2, 0) is 20.7 Å². The molecule has 0 aromatic heterocycles. The first-order valence-corrected chi connectivity index (χ1v) is 13.4. The molecule has 0 bridgehead atoms. The van der Waals surface area contributed by atoms with Crippen LogP contribution in [0.2, 0.25) is 0 Å². The second kappa shape index (κ2) is 18.9. The molecule has 11 heteroatoms. The van der Waals surface area contributed by atoms with Crippen LogP contribution in [0.3, 0.4) is 0 Å². The monoisotopic (exact) mass is 595 g/mol. The molecular weight excluding hydrogens is 545 g/mol. The molecule has 0 spiro atoms. The maximum atomic E-state index is 12.9. The molecule has 1 saturated heterocycles. The van der Waals surface area contributed by atoms with E-state index in [0.29, 0.717) is 63.4 Å². The van der Waals surface area contributed by atoms with Crippen molar-refractivity contribution in [1.82, 2.24) is 10.2 Å². The van der Waals surface area contributed by atoms with E-state index in [1.54, 1.807) is 14.2 Å². The number of nitrogens with two attached hydrogens (primary N) is 1. The summed E-state index contributed by atoms with van der Waals surface area (Å²) in [6, 6.07) is 5.55. The van der Waals surface area contributed by atoms with E-state index in [1.165, 1.54) is 0 Å². The average molecular weight is 597 g/mol. The van der Waals surface area contributed by atoms with Crippen molar-refractivity contribution in [3.05, 3.63) is 23.8 Å². The Morgan fingerprint density at radius 2 is 1.82 bits per heavy atom. The average Bonchev–Trinajstić information content (AvgIpc) is 2.89. The number of amides is 1. The topological polar surface area (TPSA) is 116 Å². The Morgan fingerprint density at radius 1 is 1.15 bits per heavy atom. The van der Waals surface area contributed by atoms with Gasteiger partial charge in [0.15, 0.2) is 11.5 Å². The molecule has 0 aliphatic carbocycles. The number of hydrogen-bond acceptors (Lipinski definition) is 8. The number of halogens is 2. The third-order valence-electron chi connectivity index (χ3n) is 7.32. The van der Waals surface area contributed by atoms with E-state index in [1.807, 2.05) is 32.0 Å². The molecule has 1 aromatic carbocycles. The summed E-state index contributed by atoms with van der Waals surface area (Å²) < 4.78 is 21.9. The fraction of sp³-hybridized carbons (Fsp3) is 0.750. The van der Waals surface area contributed by atoms with Gasteiger partial charge in [-0.1, -0.05) is 19.9 Å². The van der Waals surface area contributed by atoms with Crippen molar-refractivity contribution in [3.8, 4) is 11.5 Å². The van der Waals surface area contributed by atoms with Gasteiger partial charge in [0.25, 0.3) is 0 Å². The van der Waals surface area contributed by atoms with Crippen LogP contribution >= 0.6 is 24.8 Å². The van der Waals surface area contributed by atoms with Gasteiger partial charge in [0.05, 0.1) is 38.6 Å². The molecule has 0 radical (unpaired) electrons. The molecular formula is C28H51Cl2N3O6. The lowest BCUT2D eigenvalue weighted by Gasteiger charge is -2.39. The molecule has 0 unspecified atom stereocenters. The van der Waals surface area contributed by atoms with E-state index in [0.717, 1.165) is 18.4 Å². The van der Waals surface area contributed by atoms with E-state index in [9.17, 15) is 9.90 Å². The summed E-state index contributed by atoms with van der Waals surface area (Å²) in [6.45, 7) is 12.1. The van der Waals surface area contributed by atoms with E-state index in [-0.39, 0.29) is 43.2 Å². The van der Waals surface area contributed by atoms with Crippen LogP contribution in [0.25, 0.3) is 0 Å². The Balaban J connectivity index is 0.00000722. The summed E-state index contributed by atoms with van der Waals surface area (Å²) in [5, 5.41) is 13.7. The van der Waals surface area contributed by atoms with E-state index >= 15 is 0 Å². The fourth-order valence-corrected chi connectivity index (χ4v) is 4.58. The first-order valence-electron chi connectivity index (χ1n) is 13.4. The van der Waals surface area contributed by atoms with Gasteiger partial charge in [-0.25, -0.2) is 0 Å². The molecule has 1 fully saturated rings. The number of benzene rings is 1. The molecule has 228 valence electrons. The van der Waals surface area contributed by atoms with Crippen molar-refractivity contribution in [1.29, 1.82) is 0 Å². The lowest BCUT2D eigenvalue weighted by molar-refractivity contribution is -0.135. The predicted octanol–water partition coefficient (Wildman–Crippen LogP) is 3.07. The lowest BCUT2D eigenvalue weighted by atomic mass is 9.83. The fourth-order valence-electron chi connectivity index (χ4n) is 4.58. The Hall–Kier alpha value is -1.33. The molecule has 4 N–H and O–H groups in total. The standard InChI is InChI=1S/C28H49N3O6.2ClH/c1-20(2)22(16-21-8-9-25(35-6)26(17-21)37-13-7-12-34-5)18-23(29)24(32)19-30-27(33)28(3,4)31-10-14-36-15-11-31;;/h8-9,17,20,22-24,32H,7,10-16,18-19,29H2,1-6H3,(H,30,33);2*1H/t22-,23-,24-;;/m0../s1. The van der Waals surface area contributed by atoms with Crippen molar-refractivity contribution >= 4 is 30.7 Å². The van der Waals surface area contributed by atoms with Gasteiger partial charge in [0.1, 0.15) is 0 Å². The molecule has 9 nitrogen and oxygen atoms in total. The van der Waals surface area contributed by atoms with Gasteiger partial charge in [0, 0.05) is 45.8 Å². The molecule has 39 heavy (non-hydrogen) atoms. The third kappa shape index (κ3) is 12.0.